The van der Waals surface area contributed by atoms with Crippen LogP contribution < -0.4 is 4.74 Å². The Balaban J connectivity index is 1.89. The van der Waals surface area contributed by atoms with E-state index in [9.17, 15) is 0 Å². The van der Waals surface area contributed by atoms with Gasteiger partial charge >= 0.3 is 0 Å². The molecule has 0 fully saturated rings. The Kier molecular flexibility index (Phi) is 3.19. The van der Waals surface area contributed by atoms with Crippen LogP contribution in [0.5, 0.6) is 11.8 Å². The van der Waals surface area contributed by atoms with Crippen molar-refractivity contribution in [3.8, 4) is 23.0 Å². The largest absolute Gasteiger partial charge is 0.421 e. The summed E-state index contributed by atoms with van der Waals surface area (Å²) in [6, 6.07) is 21.2. The second-order valence-electron chi connectivity index (χ2n) is 4.00. The lowest BCUT2D eigenvalue weighted by Crippen LogP contribution is -1.91. The van der Waals surface area contributed by atoms with Crippen molar-refractivity contribution in [2.24, 2.45) is 0 Å². The zero-order chi connectivity index (χ0) is 12.9. The van der Waals surface area contributed by atoms with E-state index in [1.54, 1.807) is 12.3 Å². The van der Waals surface area contributed by atoms with Gasteiger partial charge in [0.15, 0.2) is 0 Å². The van der Waals surface area contributed by atoms with E-state index in [-0.39, 0.29) is 0 Å². The molecule has 1 aromatic carbocycles. The Morgan fingerprint density at radius 1 is 0.684 bits per heavy atom. The van der Waals surface area contributed by atoms with Crippen LogP contribution in [0.1, 0.15) is 0 Å². The number of aromatic nitrogens is 2. The minimum atomic E-state index is 0.542. The molecule has 3 rings (SSSR count). The van der Waals surface area contributed by atoms with Crippen molar-refractivity contribution >= 4 is 0 Å². The van der Waals surface area contributed by atoms with E-state index in [2.05, 4.69) is 9.97 Å². The van der Waals surface area contributed by atoms with E-state index in [1.165, 1.54) is 0 Å². The Labute approximate surface area is 111 Å². The molecule has 92 valence electrons. The van der Waals surface area contributed by atoms with E-state index in [0.29, 0.717) is 11.8 Å². The molecule has 0 N–H and O–H groups in total. The van der Waals surface area contributed by atoms with Gasteiger partial charge in [0.2, 0.25) is 11.8 Å². The van der Waals surface area contributed by atoms with Crippen molar-refractivity contribution in [2.45, 2.75) is 0 Å². The summed E-state index contributed by atoms with van der Waals surface area (Å²) in [5.41, 5.74) is 1.95. The minimum absolute atomic E-state index is 0.542. The third-order valence-corrected chi connectivity index (χ3v) is 2.64. The van der Waals surface area contributed by atoms with E-state index in [0.717, 1.165) is 11.3 Å². The van der Waals surface area contributed by atoms with Crippen LogP contribution in [0.25, 0.3) is 11.3 Å². The molecule has 3 aromatic rings. The number of pyridine rings is 2. The van der Waals surface area contributed by atoms with Crippen LogP contribution in [-0.4, -0.2) is 9.97 Å². The summed E-state index contributed by atoms with van der Waals surface area (Å²) in [7, 11) is 0. The fraction of sp³-hybridized carbons (Fsp3) is 0. The molecule has 3 heteroatoms. The molecule has 0 radical (unpaired) electrons. The van der Waals surface area contributed by atoms with Gasteiger partial charge in [0.1, 0.15) is 0 Å². The molecule has 0 saturated heterocycles. The molecule has 0 amide bonds. The van der Waals surface area contributed by atoms with Gasteiger partial charge in [0.05, 0.1) is 5.69 Å². The molecule has 19 heavy (non-hydrogen) atoms. The third-order valence-electron chi connectivity index (χ3n) is 2.64. The van der Waals surface area contributed by atoms with Crippen molar-refractivity contribution in [3.05, 3.63) is 72.9 Å². The molecule has 0 aliphatic carbocycles. The lowest BCUT2D eigenvalue weighted by atomic mass is 10.1. The van der Waals surface area contributed by atoms with Gasteiger partial charge in [-0.05, 0) is 12.1 Å². The molecular weight excluding hydrogens is 236 g/mol. The average Bonchev–Trinajstić information content (AvgIpc) is 2.49. The average molecular weight is 248 g/mol. The van der Waals surface area contributed by atoms with Gasteiger partial charge in [0, 0.05) is 23.9 Å². The highest BCUT2D eigenvalue weighted by Crippen LogP contribution is 2.22. The van der Waals surface area contributed by atoms with Crippen LogP contribution in [-0.2, 0) is 0 Å². The van der Waals surface area contributed by atoms with E-state index in [1.807, 2.05) is 60.7 Å². The minimum Gasteiger partial charge on any atom is -0.421 e. The van der Waals surface area contributed by atoms with Crippen LogP contribution in [0.4, 0.5) is 0 Å². The lowest BCUT2D eigenvalue weighted by molar-refractivity contribution is 0.445. The first-order valence-electron chi connectivity index (χ1n) is 6.03. The Hall–Kier alpha value is -2.68. The smallest absolute Gasteiger partial charge is 0.221 e. The Morgan fingerprint density at radius 2 is 1.47 bits per heavy atom. The molecule has 0 unspecified atom stereocenters. The summed E-state index contributed by atoms with van der Waals surface area (Å²) in [6.45, 7) is 0. The van der Waals surface area contributed by atoms with Gasteiger partial charge in [-0.25, -0.2) is 9.97 Å². The van der Waals surface area contributed by atoms with E-state index in [4.69, 9.17) is 4.74 Å². The van der Waals surface area contributed by atoms with Gasteiger partial charge in [0.25, 0.3) is 0 Å². The standard InChI is InChI=1S/C16H12N2O/c1-2-7-13(8-3-1)14-9-6-11-16(18-14)19-15-10-4-5-12-17-15/h1-12H. The van der Waals surface area contributed by atoms with Gasteiger partial charge in [-0.2, -0.15) is 0 Å². The number of nitrogens with zero attached hydrogens (tertiary/aromatic N) is 2. The third kappa shape index (κ3) is 2.77. The molecule has 0 saturated carbocycles. The van der Waals surface area contributed by atoms with E-state index >= 15 is 0 Å². The number of hydrogen-bond acceptors (Lipinski definition) is 3. The number of hydrogen-bond donors (Lipinski definition) is 0. The Morgan fingerprint density at radius 3 is 2.26 bits per heavy atom. The molecule has 0 aliphatic heterocycles. The zero-order valence-corrected chi connectivity index (χ0v) is 10.2. The first-order chi connectivity index (χ1) is 9.42. The molecule has 0 bridgehead atoms. The first-order valence-corrected chi connectivity index (χ1v) is 6.03. The highest BCUT2D eigenvalue weighted by atomic mass is 16.5. The van der Waals surface area contributed by atoms with Gasteiger partial charge in [-0.1, -0.05) is 42.5 Å². The number of rotatable bonds is 3. The fourth-order valence-electron chi connectivity index (χ4n) is 1.76. The summed E-state index contributed by atoms with van der Waals surface area (Å²) >= 11 is 0. The molecule has 0 aliphatic rings. The quantitative estimate of drug-likeness (QED) is 0.704. The van der Waals surface area contributed by atoms with Crippen LogP contribution in [0, 0.1) is 0 Å². The van der Waals surface area contributed by atoms with Crippen molar-refractivity contribution in [2.75, 3.05) is 0 Å². The summed E-state index contributed by atoms with van der Waals surface area (Å²) in [5, 5.41) is 0. The maximum atomic E-state index is 5.62. The van der Waals surface area contributed by atoms with E-state index < -0.39 is 0 Å². The van der Waals surface area contributed by atoms with Crippen LogP contribution in [0.3, 0.4) is 0 Å². The van der Waals surface area contributed by atoms with Crippen LogP contribution in [0.15, 0.2) is 72.9 Å². The fourth-order valence-corrected chi connectivity index (χ4v) is 1.76. The second kappa shape index (κ2) is 5.31. The second-order valence-corrected chi connectivity index (χ2v) is 4.00. The van der Waals surface area contributed by atoms with Gasteiger partial charge in [-0.3, -0.25) is 0 Å². The zero-order valence-electron chi connectivity index (χ0n) is 10.2. The summed E-state index contributed by atoms with van der Waals surface area (Å²) < 4.78 is 5.62. The summed E-state index contributed by atoms with van der Waals surface area (Å²) in [6.07, 6.45) is 1.69. The molecule has 0 atom stereocenters. The monoisotopic (exact) mass is 248 g/mol. The topological polar surface area (TPSA) is 35.0 Å². The predicted molar refractivity (Wildman–Crippen MR) is 74.0 cm³/mol. The van der Waals surface area contributed by atoms with Gasteiger partial charge in [-0.15, -0.1) is 0 Å². The maximum Gasteiger partial charge on any atom is 0.221 e. The number of benzene rings is 1. The van der Waals surface area contributed by atoms with Crippen molar-refractivity contribution < 1.29 is 4.74 Å². The highest BCUT2D eigenvalue weighted by molar-refractivity contribution is 5.59. The summed E-state index contributed by atoms with van der Waals surface area (Å²) in [5.74, 6) is 1.08. The Bertz CT molecular complexity index is 654. The van der Waals surface area contributed by atoms with Crippen molar-refractivity contribution in [1.29, 1.82) is 0 Å². The van der Waals surface area contributed by atoms with Gasteiger partial charge < -0.3 is 4.74 Å². The van der Waals surface area contributed by atoms with Crippen molar-refractivity contribution in [3.63, 3.8) is 0 Å². The van der Waals surface area contributed by atoms with Crippen LogP contribution >= 0.6 is 0 Å². The molecule has 0 spiro atoms. The molecule has 2 heterocycles. The SMILES string of the molecule is c1ccc(-c2cccc(Oc3ccccn3)n2)cc1. The lowest BCUT2D eigenvalue weighted by Gasteiger charge is -2.05. The summed E-state index contributed by atoms with van der Waals surface area (Å²) in [4.78, 5) is 8.59. The highest BCUT2D eigenvalue weighted by Gasteiger charge is 2.02. The predicted octanol–water partition coefficient (Wildman–Crippen LogP) is 3.94. The maximum absolute atomic E-state index is 5.62. The normalized spacial score (nSPS) is 10.1. The van der Waals surface area contributed by atoms with Crippen LogP contribution in [0.2, 0.25) is 0 Å². The number of ether oxygens (including phenoxy) is 1. The van der Waals surface area contributed by atoms with Crippen molar-refractivity contribution in [1.82, 2.24) is 9.97 Å². The molecule has 2 aromatic heterocycles. The molecule has 3 nitrogen and oxygen atoms in total. The molecular formula is C16H12N2O. The first kappa shape index (κ1) is 11.4.